The van der Waals surface area contributed by atoms with Gasteiger partial charge in [0, 0.05) is 51.2 Å². The van der Waals surface area contributed by atoms with E-state index in [1.807, 2.05) is 83.3 Å². The maximum Gasteiger partial charge on any atom is 0.141 e. The lowest BCUT2D eigenvalue weighted by Crippen LogP contribution is -2.29. The highest BCUT2D eigenvalue weighted by atomic mass is 32.1. The highest BCUT2D eigenvalue weighted by Gasteiger charge is 2.54. The summed E-state index contributed by atoms with van der Waals surface area (Å²) in [7, 11) is 0. The molecular weight excluding hydrogens is 1310 g/mol. The lowest BCUT2D eigenvalue weighted by Gasteiger charge is -2.34. The van der Waals surface area contributed by atoms with E-state index in [0.717, 1.165) is 76.5 Å². The topological polar surface area (TPSA) is 40.5 Å². The number of aliphatic hydroxyl groups is 2. The van der Waals surface area contributed by atoms with Gasteiger partial charge < -0.3 is 10.2 Å². The van der Waals surface area contributed by atoms with E-state index in [1.165, 1.54) is 106 Å². The van der Waals surface area contributed by atoms with Crippen LogP contribution >= 0.6 is 45.3 Å². The van der Waals surface area contributed by atoms with Crippen LogP contribution in [0.3, 0.4) is 0 Å². The van der Waals surface area contributed by atoms with Crippen LogP contribution in [-0.2, 0) is 22.0 Å². The van der Waals surface area contributed by atoms with Gasteiger partial charge in [0.15, 0.2) is 0 Å². The molecule has 4 heterocycles. The normalized spacial score (nSPS) is 13.4. The molecule has 0 amide bonds. The van der Waals surface area contributed by atoms with Gasteiger partial charge in [-0.2, -0.15) is 0 Å². The maximum absolute atomic E-state index is 12.9. The molecule has 4 aromatic heterocycles. The number of rotatable bonds is 12. The molecule has 102 heavy (non-hydrogen) atoms. The van der Waals surface area contributed by atoms with Gasteiger partial charge in [0.25, 0.3) is 0 Å². The zero-order valence-electron chi connectivity index (χ0n) is 58.4. The number of aryl methyl sites for hydroxylation is 8. The van der Waals surface area contributed by atoms with Crippen molar-refractivity contribution in [2.75, 3.05) is 0 Å². The first-order valence-corrected chi connectivity index (χ1v) is 38.4. The molecule has 2 aliphatic rings. The van der Waals surface area contributed by atoms with Crippen molar-refractivity contribution in [2.24, 2.45) is 0 Å². The molecule has 16 aromatic rings. The van der Waals surface area contributed by atoms with E-state index in [0.29, 0.717) is 0 Å². The number of benzene rings is 12. The van der Waals surface area contributed by atoms with Crippen molar-refractivity contribution in [3.05, 3.63) is 426 Å². The van der Waals surface area contributed by atoms with Crippen molar-refractivity contribution in [2.45, 2.75) is 77.4 Å². The quantitative estimate of drug-likeness (QED) is 0.120. The first kappa shape index (κ1) is 65.2. The van der Waals surface area contributed by atoms with Crippen molar-refractivity contribution >= 4 is 64.1 Å². The second-order valence-corrected chi connectivity index (χ2v) is 32.5. The predicted octanol–water partition coefficient (Wildman–Crippen LogP) is 25.0. The molecule has 496 valence electrons. The molecule has 2 aliphatic carbocycles. The lowest BCUT2D eigenvalue weighted by atomic mass is 9.66. The standard InChI is InChI=1S/C48H40O2S2.C48H36S2/c1-31-13-21-35(22-14-31)47(49,36-23-15-32(2)16-24-36)41-11-7-5-9-39(41)43-29-45-46(51-43)30-44(52-45)40-10-6-8-12-42(40)48(50,37-25-17-33(3)18-26-37)38-27-19-34(4)20-28-38;1-29-13-21-33(22-14-29)47(34-23-15-30(2)16-24-34)39-11-7-5-9-37(39)43-41(47)45-46(49-43)42-44(50-45)38-10-6-8-12-40(38)48(42,35-25-17-31(3)18-26-35)36-27-19-32(4)20-28-36/h5-30,49-50H,1-4H3;5-28H,1-4H3. The Morgan fingerprint density at radius 2 is 0.490 bits per heavy atom. The molecule has 18 rings (SSSR count). The van der Waals surface area contributed by atoms with Crippen molar-refractivity contribution in [1.82, 2.24) is 0 Å². The predicted molar refractivity (Wildman–Crippen MR) is 433 cm³/mol. The molecular formula is C96H76O2S4. The van der Waals surface area contributed by atoms with Crippen LogP contribution in [0, 0.1) is 55.4 Å². The second-order valence-electron chi connectivity index (χ2n) is 28.3. The summed E-state index contributed by atoms with van der Waals surface area (Å²) in [5, 5.41) is 25.8. The highest BCUT2D eigenvalue weighted by Crippen LogP contribution is 2.68. The van der Waals surface area contributed by atoms with E-state index in [2.05, 4.69) is 298 Å². The molecule has 0 fully saturated rings. The molecule has 0 saturated carbocycles. The van der Waals surface area contributed by atoms with Crippen molar-refractivity contribution in [3.63, 3.8) is 0 Å². The van der Waals surface area contributed by atoms with Crippen LogP contribution in [0.15, 0.2) is 303 Å². The van der Waals surface area contributed by atoms with Gasteiger partial charge in [-0.1, -0.05) is 336 Å². The first-order chi connectivity index (χ1) is 49.6. The Bertz CT molecular complexity index is 5250. The number of thiophene rings is 4. The Labute approximate surface area is 614 Å². The Morgan fingerprint density at radius 1 is 0.255 bits per heavy atom. The number of fused-ring (bicyclic) bond motifs is 10. The lowest BCUT2D eigenvalue weighted by molar-refractivity contribution is 0.126. The van der Waals surface area contributed by atoms with Crippen LogP contribution in [0.5, 0.6) is 0 Å². The fraction of sp³-hybridized carbons (Fsp3) is 0.125. The Balaban J connectivity index is 0.000000152. The Morgan fingerprint density at radius 3 is 0.765 bits per heavy atom. The van der Waals surface area contributed by atoms with Gasteiger partial charge in [0.1, 0.15) is 11.2 Å². The molecule has 2 nitrogen and oxygen atoms in total. The van der Waals surface area contributed by atoms with E-state index < -0.39 is 22.0 Å². The van der Waals surface area contributed by atoms with Crippen molar-refractivity contribution in [3.8, 4) is 41.8 Å². The summed E-state index contributed by atoms with van der Waals surface area (Å²) in [4.78, 5) is 5.02. The SMILES string of the molecule is Cc1ccc(C(O)(c2ccc(C)cc2)c2ccccc2-c2cc3sc(-c4ccccc4C(O)(c4ccc(C)cc4)c4ccc(C)cc4)cc3s2)cc1.Cc1ccc(C2(c3ccc(C)cc3)c3ccccc3-c3sc4c5c(sc4c32)-c2ccccc2C5(c2ccc(C)cc2)c2ccc(C)cc2)cc1. The molecule has 0 spiro atoms. The van der Waals surface area contributed by atoms with Crippen LogP contribution in [-0.4, -0.2) is 10.2 Å². The van der Waals surface area contributed by atoms with Gasteiger partial charge in [-0.15, -0.1) is 45.3 Å². The van der Waals surface area contributed by atoms with E-state index in [-0.39, 0.29) is 0 Å². The fourth-order valence-corrected chi connectivity index (χ4v) is 21.9. The Kier molecular flexibility index (Phi) is 16.3. The van der Waals surface area contributed by atoms with E-state index in [1.54, 1.807) is 22.7 Å². The molecule has 0 bridgehead atoms. The molecule has 0 saturated heterocycles. The number of hydrogen-bond donors (Lipinski definition) is 2. The summed E-state index contributed by atoms with van der Waals surface area (Å²) in [6.07, 6.45) is 0. The third-order valence-corrected chi connectivity index (χ3v) is 26.6. The summed E-state index contributed by atoms with van der Waals surface area (Å²) in [6.45, 7) is 17.0. The molecule has 6 heteroatoms. The van der Waals surface area contributed by atoms with E-state index in [4.69, 9.17) is 0 Å². The largest absolute Gasteiger partial charge is 0.376 e. The molecule has 0 radical (unpaired) electrons. The smallest absolute Gasteiger partial charge is 0.141 e. The van der Waals surface area contributed by atoms with Crippen LogP contribution in [0.25, 0.3) is 60.6 Å². The summed E-state index contributed by atoms with van der Waals surface area (Å²) < 4.78 is 5.18. The zero-order valence-corrected chi connectivity index (χ0v) is 61.7. The first-order valence-electron chi connectivity index (χ1n) is 35.1. The minimum atomic E-state index is -1.35. The van der Waals surface area contributed by atoms with Crippen LogP contribution in [0.4, 0.5) is 0 Å². The molecule has 12 aromatic carbocycles. The summed E-state index contributed by atoms with van der Waals surface area (Å²) in [5.41, 5.74) is 26.9. The van der Waals surface area contributed by atoms with E-state index in [9.17, 15) is 10.2 Å². The molecule has 2 N–H and O–H groups in total. The minimum Gasteiger partial charge on any atom is -0.376 e. The van der Waals surface area contributed by atoms with Crippen molar-refractivity contribution in [1.29, 1.82) is 0 Å². The maximum atomic E-state index is 12.9. The van der Waals surface area contributed by atoms with Gasteiger partial charge in [-0.25, -0.2) is 0 Å². The summed E-state index contributed by atoms with van der Waals surface area (Å²) in [5.74, 6) is 0. The minimum absolute atomic E-state index is 0.430. The summed E-state index contributed by atoms with van der Waals surface area (Å²) in [6, 6.07) is 110. The highest BCUT2D eigenvalue weighted by molar-refractivity contribution is 7.32. The zero-order chi connectivity index (χ0) is 69.8. The Hall–Kier alpha value is -10.1. The van der Waals surface area contributed by atoms with Gasteiger partial charge in [-0.3, -0.25) is 0 Å². The van der Waals surface area contributed by atoms with Gasteiger partial charge in [-0.05, 0) is 145 Å². The average molecular weight is 1390 g/mol. The van der Waals surface area contributed by atoms with Crippen LogP contribution in [0.1, 0.15) is 122 Å². The molecule has 0 unspecified atom stereocenters. The molecule has 0 atom stereocenters. The third-order valence-electron chi connectivity index (χ3n) is 21.6. The van der Waals surface area contributed by atoms with Crippen LogP contribution in [0.2, 0.25) is 0 Å². The summed E-state index contributed by atoms with van der Waals surface area (Å²) >= 11 is 7.51. The van der Waals surface area contributed by atoms with Crippen LogP contribution < -0.4 is 0 Å². The average Bonchev–Trinajstić information content (AvgIpc) is 1.49. The number of hydrogen-bond acceptors (Lipinski definition) is 6. The van der Waals surface area contributed by atoms with E-state index >= 15 is 0 Å². The third kappa shape index (κ3) is 10.4. The monoisotopic (exact) mass is 1390 g/mol. The van der Waals surface area contributed by atoms with Gasteiger partial charge in [0.05, 0.1) is 20.2 Å². The molecule has 0 aliphatic heterocycles. The van der Waals surface area contributed by atoms with Gasteiger partial charge in [0.2, 0.25) is 0 Å². The second kappa shape index (κ2) is 25.4. The van der Waals surface area contributed by atoms with Crippen molar-refractivity contribution < 1.29 is 10.2 Å². The van der Waals surface area contributed by atoms with Gasteiger partial charge >= 0.3 is 0 Å². The fourth-order valence-electron chi connectivity index (χ4n) is 16.3.